The van der Waals surface area contributed by atoms with Crippen molar-refractivity contribution >= 4 is 12.4 Å². The van der Waals surface area contributed by atoms with Gasteiger partial charge in [-0.3, -0.25) is 9.58 Å². The molecule has 0 spiro atoms. The number of rotatable bonds is 7. The zero-order valence-corrected chi connectivity index (χ0v) is 12.7. The molecule has 0 saturated heterocycles. The van der Waals surface area contributed by atoms with Crippen LogP contribution in [0.15, 0.2) is 42.7 Å². The highest BCUT2D eigenvalue weighted by molar-refractivity contribution is 5.85. The van der Waals surface area contributed by atoms with Crippen molar-refractivity contribution in [1.29, 1.82) is 0 Å². The number of hydrogen-bond donors (Lipinski definition) is 1. The van der Waals surface area contributed by atoms with Gasteiger partial charge in [0.2, 0.25) is 0 Å². The highest BCUT2D eigenvalue weighted by Crippen LogP contribution is 2.06. The molecule has 5 heteroatoms. The molecule has 0 bridgehead atoms. The molecule has 0 atom stereocenters. The van der Waals surface area contributed by atoms with Crippen LogP contribution in [0.25, 0.3) is 0 Å². The fraction of sp³-hybridized carbons (Fsp3) is 0.400. The van der Waals surface area contributed by atoms with Crippen LogP contribution in [0.3, 0.4) is 0 Å². The van der Waals surface area contributed by atoms with E-state index in [2.05, 4.69) is 46.5 Å². The summed E-state index contributed by atoms with van der Waals surface area (Å²) in [6, 6.07) is 10.6. The Bertz CT molecular complexity index is 484. The van der Waals surface area contributed by atoms with E-state index in [1.165, 1.54) is 11.1 Å². The Morgan fingerprint density at radius 2 is 1.90 bits per heavy atom. The number of benzene rings is 1. The fourth-order valence-corrected chi connectivity index (χ4v) is 2.20. The molecule has 2 N–H and O–H groups in total. The van der Waals surface area contributed by atoms with Gasteiger partial charge >= 0.3 is 0 Å². The molecule has 0 aliphatic carbocycles. The highest BCUT2D eigenvalue weighted by Gasteiger charge is 2.06. The molecule has 0 unspecified atom stereocenters. The largest absolute Gasteiger partial charge is 0.329 e. The van der Waals surface area contributed by atoms with Gasteiger partial charge < -0.3 is 5.73 Å². The van der Waals surface area contributed by atoms with Crippen LogP contribution < -0.4 is 5.73 Å². The van der Waals surface area contributed by atoms with Gasteiger partial charge in [-0.2, -0.15) is 5.10 Å². The molecule has 0 radical (unpaired) electrons. The predicted octanol–water partition coefficient (Wildman–Crippen LogP) is 1.85. The molecule has 0 aliphatic heterocycles. The zero-order chi connectivity index (χ0) is 13.5. The van der Waals surface area contributed by atoms with Gasteiger partial charge in [0, 0.05) is 45.0 Å². The monoisotopic (exact) mass is 294 g/mol. The van der Waals surface area contributed by atoms with E-state index in [-0.39, 0.29) is 12.4 Å². The summed E-state index contributed by atoms with van der Waals surface area (Å²) in [5.41, 5.74) is 8.31. The number of hydrogen-bond acceptors (Lipinski definition) is 3. The van der Waals surface area contributed by atoms with Crippen molar-refractivity contribution in [2.24, 2.45) is 12.8 Å². The average molecular weight is 295 g/mol. The van der Waals surface area contributed by atoms with Crippen molar-refractivity contribution < 1.29 is 0 Å². The standard InChI is InChI=1S/C15H22N4.ClH/c1-18-12-15(11-17-18)13-19(10-8-16)9-7-14-5-3-2-4-6-14;/h2-6,11-12H,7-10,13,16H2,1H3;1H. The molecule has 1 heterocycles. The van der Waals surface area contributed by atoms with Crippen LogP contribution in [0.5, 0.6) is 0 Å². The van der Waals surface area contributed by atoms with Crippen LogP contribution in [-0.4, -0.2) is 34.3 Å². The predicted molar refractivity (Wildman–Crippen MR) is 84.9 cm³/mol. The third-order valence-corrected chi connectivity index (χ3v) is 3.17. The van der Waals surface area contributed by atoms with Gasteiger partial charge in [0.25, 0.3) is 0 Å². The molecule has 20 heavy (non-hydrogen) atoms. The number of nitrogens with zero attached hydrogens (tertiary/aromatic N) is 3. The van der Waals surface area contributed by atoms with E-state index in [9.17, 15) is 0 Å². The normalized spacial score (nSPS) is 10.6. The Labute approximate surface area is 127 Å². The summed E-state index contributed by atoms with van der Waals surface area (Å²) >= 11 is 0. The minimum absolute atomic E-state index is 0. The minimum atomic E-state index is 0. The Hall–Kier alpha value is -1.36. The van der Waals surface area contributed by atoms with Crippen LogP contribution in [0.1, 0.15) is 11.1 Å². The van der Waals surface area contributed by atoms with Gasteiger partial charge in [0.1, 0.15) is 0 Å². The molecule has 2 rings (SSSR count). The van der Waals surface area contributed by atoms with Gasteiger partial charge in [-0.15, -0.1) is 12.4 Å². The maximum atomic E-state index is 5.69. The van der Waals surface area contributed by atoms with Crippen molar-refractivity contribution in [2.45, 2.75) is 13.0 Å². The van der Waals surface area contributed by atoms with Gasteiger partial charge in [0.05, 0.1) is 6.20 Å². The van der Waals surface area contributed by atoms with Gasteiger partial charge in [0.15, 0.2) is 0 Å². The van der Waals surface area contributed by atoms with Crippen molar-refractivity contribution in [3.8, 4) is 0 Å². The van der Waals surface area contributed by atoms with E-state index in [1.807, 2.05) is 17.9 Å². The van der Waals surface area contributed by atoms with Crippen molar-refractivity contribution in [2.75, 3.05) is 19.6 Å². The Kier molecular flexibility index (Phi) is 7.30. The second kappa shape index (κ2) is 8.74. The van der Waals surface area contributed by atoms with Gasteiger partial charge in [-0.1, -0.05) is 30.3 Å². The molecule has 110 valence electrons. The van der Waals surface area contributed by atoms with Crippen LogP contribution in [-0.2, 0) is 20.0 Å². The third kappa shape index (κ3) is 5.33. The number of halogens is 1. The smallest absolute Gasteiger partial charge is 0.0534 e. The van der Waals surface area contributed by atoms with E-state index in [0.29, 0.717) is 6.54 Å². The fourth-order valence-electron chi connectivity index (χ4n) is 2.20. The minimum Gasteiger partial charge on any atom is -0.329 e. The molecule has 0 saturated carbocycles. The van der Waals surface area contributed by atoms with E-state index in [0.717, 1.165) is 26.1 Å². The van der Waals surface area contributed by atoms with Crippen molar-refractivity contribution in [1.82, 2.24) is 14.7 Å². The molecule has 0 aliphatic rings. The summed E-state index contributed by atoms with van der Waals surface area (Å²) in [5.74, 6) is 0. The Balaban J connectivity index is 0.00000200. The molecule has 1 aromatic heterocycles. The van der Waals surface area contributed by atoms with E-state index in [1.54, 1.807) is 0 Å². The topological polar surface area (TPSA) is 47.1 Å². The van der Waals surface area contributed by atoms with E-state index in [4.69, 9.17) is 5.73 Å². The molecule has 4 nitrogen and oxygen atoms in total. The lowest BCUT2D eigenvalue weighted by molar-refractivity contribution is 0.276. The molecule has 0 amide bonds. The third-order valence-electron chi connectivity index (χ3n) is 3.17. The highest BCUT2D eigenvalue weighted by atomic mass is 35.5. The first kappa shape index (κ1) is 16.7. The molecule has 0 fully saturated rings. The van der Waals surface area contributed by atoms with Crippen molar-refractivity contribution in [3.63, 3.8) is 0 Å². The average Bonchev–Trinajstić information content (AvgIpc) is 2.83. The molecular weight excluding hydrogens is 272 g/mol. The Morgan fingerprint density at radius 1 is 1.15 bits per heavy atom. The van der Waals surface area contributed by atoms with E-state index >= 15 is 0 Å². The van der Waals surface area contributed by atoms with Crippen LogP contribution >= 0.6 is 12.4 Å². The first-order chi connectivity index (χ1) is 9.28. The lowest BCUT2D eigenvalue weighted by Crippen LogP contribution is -2.30. The van der Waals surface area contributed by atoms with Crippen LogP contribution in [0, 0.1) is 0 Å². The summed E-state index contributed by atoms with van der Waals surface area (Å²) < 4.78 is 1.84. The second-order valence-electron chi connectivity index (χ2n) is 4.82. The number of aryl methyl sites for hydroxylation is 1. The van der Waals surface area contributed by atoms with Gasteiger partial charge in [-0.25, -0.2) is 0 Å². The van der Waals surface area contributed by atoms with E-state index < -0.39 is 0 Å². The summed E-state index contributed by atoms with van der Waals surface area (Å²) in [6.07, 6.45) is 5.04. The van der Waals surface area contributed by atoms with Crippen molar-refractivity contribution in [3.05, 3.63) is 53.9 Å². The van der Waals surface area contributed by atoms with Crippen LogP contribution in [0.2, 0.25) is 0 Å². The molecule has 1 aromatic carbocycles. The lowest BCUT2D eigenvalue weighted by atomic mass is 10.1. The second-order valence-corrected chi connectivity index (χ2v) is 4.82. The first-order valence-electron chi connectivity index (χ1n) is 6.72. The SMILES string of the molecule is Cl.Cn1cc(CN(CCN)CCc2ccccc2)cn1. The lowest BCUT2D eigenvalue weighted by Gasteiger charge is -2.20. The summed E-state index contributed by atoms with van der Waals surface area (Å²) in [6.45, 7) is 3.55. The maximum absolute atomic E-state index is 5.69. The van der Waals surface area contributed by atoms with Gasteiger partial charge in [-0.05, 0) is 12.0 Å². The zero-order valence-electron chi connectivity index (χ0n) is 11.9. The number of aromatic nitrogens is 2. The summed E-state index contributed by atoms with van der Waals surface area (Å²) in [4.78, 5) is 2.38. The summed E-state index contributed by atoms with van der Waals surface area (Å²) in [7, 11) is 1.95. The van der Waals surface area contributed by atoms with Crippen LogP contribution in [0.4, 0.5) is 0 Å². The molecule has 2 aromatic rings. The maximum Gasteiger partial charge on any atom is 0.0534 e. The Morgan fingerprint density at radius 3 is 2.50 bits per heavy atom. The summed E-state index contributed by atoms with van der Waals surface area (Å²) in [5, 5.41) is 4.21. The first-order valence-corrected chi connectivity index (χ1v) is 6.72. The quantitative estimate of drug-likeness (QED) is 0.848. The molecular formula is C15H23ClN4. The number of nitrogens with two attached hydrogens (primary N) is 1.